The van der Waals surface area contributed by atoms with Gasteiger partial charge in [0.05, 0.1) is 6.20 Å². The summed E-state index contributed by atoms with van der Waals surface area (Å²) in [5.41, 5.74) is 2.01. The van der Waals surface area contributed by atoms with Crippen molar-refractivity contribution in [1.29, 1.82) is 0 Å². The lowest BCUT2D eigenvalue weighted by Crippen LogP contribution is -2.05. The summed E-state index contributed by atoms with van der Waals surface area (Å²) in [6.07, 6.45) is 1.73. The Kier molecular flexibility index (Phi) is 3.21. The summed E-state index contributed by atoms with van der Waals surface area (Å²) < 4.78 is 0. The lowest BCUT2D eigenvalue weighted by molar-refractivity contribution is 0.994. The van der Waals surface area contributed by atoms with Gasteiger partial charge in [0.2, 0.25) is 16.5 Å². The fourth-order valence-electron chi connectivity index (χ4n) is 1.13. The summed E-state index contributed by atoms with van der Waals surface area (Å²) in [6, 6.07) is 0. The molecule has 0 aliphatic carbocycles. The molecule has 0 atom stereocenters. The molecule has 0 unspecified atom stereocenters. The molecule has 0 spiro atoms. The minimum Gasteiger partial charge on any atom is -0.350 e. The highest BCUT2D eigenvalue weighted by Gasteiger charge is 2.04. The molecule has 0 aliphatic heterocycles. The van der Waals surface area contributed by atoms with Gasteiger partial charge in [-0.1, -0.05) is 0 Å². The number of aromatic amines is 1. The topological polar surface area (TPSA) is 79.4 Å². The number of aryl methyl sites for hydroxylation is 1. The summed E-state index contributed by atoms with van der Waals surface area (Å²) in [6.45, 7) is 2.47. The first-order chi connectivity index (χ1) is 7.65. The van der Waals surface area contributed by atoms with E-state index in [1.807, 2.05) is 6.92 Å². The smallest absolute Gasteiger partial charge is 0.228 e. The molecule has 2 rings (SSSR count). The van der Waals surface area contributed by atoms with Gasteiger partial charge in [-0.15, -0.1) is 0 Å². The zero-order valence-corrected chi connectivity index (χ0v) is 9.84. The second kappa shape index (κ2) is 4.63. The van der Waals surface area contributed by atoms with E-state index >= 15 is 0 Å². The molecule has 0 bridgehead atoms. The van der Waals surface area contributed by atoms with Crippen LogP contribution >= 0.6 is 23.2 Å². The van der Waals surface area contributed by atoms with Crippen molar-refractivity contribution in [3.05, 3.63) is 28.0 Å². The van der Waals surface area contributed by atoms with Crippen LogP contribution in [0.4, 0.5) is 5.95 Å². The van der Waals surface area contributed by atoms with Crippen LogP contribution in [0, 0.1) is 6.92 Å². The molecule has 2 N–H and O–H groups in total. The van der Waals surface area contributed by atoms with Gasteiger partial charge in [0, 0.05) is 17.8 Å². The highest BCUT2D eigenvalue weighted by Crippen LogP contribution is 2.11. The molecule has 8 heteroatoms. The molecule has 0 aromatic carbocycles. The molecular weight excluding hydrogens is 251 g/mol. The maximum absolute atomic E-state index is 5.64. The SMILES string of the molecule is Cc1[nH]ncc1CNc1nc(Cl)nc(Cl)n1. The molecule has 0 aliphatic rings. The summed E-state index contributed by atoms with van der Waals surface area (Å²) in [5, 5.41) is 9.83. The molecule has 0 radical (unpaired) electrons. The maximum Gasteiger partial charge on any atom is 0.228 e. The lowest BCUT2D eigenvalue weighted by atomic mass is 10.3. The van der Waals surface area contributed by atoms with Gasteiger partial charge in [0.1, 0.15) is 0 Å². The van der Waals surface area contributed by atoms with E-state index in [0.717, 1.165) is 11.3 Å². The summed E-state index contributed by atoms with van der Waals surface area (Å²) >= 11 is 11.3. The average molecular weight is 259 g/mol. The number of hydrogen-bond acceptors (Lipinski definition) is 5. The molecule has 2 aromatic heterocycles. The molecule has 0 fully saturated rings. The Bertz CT molecular complexity index is 477. The van der Waals surface area contributed by atoms with Crippen molar-refractivity contribution in [3.63, 3.8) is 0 Å². The van der Waals surface area contributed by atoms with Gasteiger partial charge >= 0.3 is 0 Å². The Morgan fingerprint density at radius 1 is 1.25 bits per heavy atom. The molecule has 84 valence electrons. The van der Waals surface area contributed by atoms with E-state index in [1.165, 1.54) is 0 Å². The van der Waals surface area contributed by atoms with Gasteiger partial charge in [-0.2, -0.15) is 20.1 Å². The Hall–Kier alpha value is -1.40. The Balaban J connectivity index is 2.07. The monoisotopic (exact) mass is 258 g/mol. The second-order valence-corrected chi connectivity index (χ2v) is 3.75. The summed E-state index contributed by atoms with van der Waals surface area (Å²) in [5.74, 6) is 0.339. The average Bonchev–Trinajstić information content (AvgIpc) is 2.59. The van der Waals surface area contributed by atoms with E-state index in [1.54, 1.807) is 6.20 Å². The van der Waals surface area contributed by atoms with Crippen LogP contribution in [0.2, 0.25) is 10.6 Å². The number of H-pyrrole nitrogens is 1. The normalized spacial score (nSPS) is 10.4. The molecule has 2 aromatic rings. The molecule has 6 nitrogen and oxygen atoms in total. The predicted octanol–water partition coefficient (Wildman–Crippen LogP) is 1.82. The second-order valence-electron chi connectivity index (χ2n) is 3.07. The minimum absolute atomic E-state index is 0.0615. The maximum atomic E-state index is 5.64. The molecule has 0 amide bonds. The highest BCUT2D eigenvalue weighted by atomic mass is 35.5. The lowest BCUT2D eigenvalue weighted by Gasteiger charge is -2.03. The van der Waals surface area contributed by atoms with Crippen LogP contribution in [0.15, 0.2) is 6.20 Å². The number of aromatic nitrogens is 5. The Morgan fingerprint density at radius 3 is 2.50 bits per heavy atom. The first-order valence-corrected chi connectivity index (χ1v) is 5.20. The van der Waals surface area contributed by atoms with Gasteiger partial charge in [0.15, 0.2) is 0 Å². The number of nitrogens with one attached hydrogen (secondary N) is 2. The predicted molar refractivity (Wildman–Crippen MR) is 60.5 cm³/mol. The van der Waals surface area contributed by atoms with E-state index in [0.29, 0.717) is 12.5 Å². The van der Waals surface area contributed by atoms with Crippen LogP contribution in [0.5, 0.6) is 0 Å². The van der Waals surface area contributed by atoms with Gasteiger partial charge in [-0.05, 0) is 30.1 Å². The van der Waals surface area contributed by atoms with E-state index in [4.69, 9.17) is 23.2 Å². The van der Waals surface area contributed by atoms with Crippen LogP contribution in [-0.4, -0.2) is 25.1 Å². The summed E-state index contributed by atoms with van der Waals surface area (Å²) in [7, 11) is 0. The zero-order chi connectivity index (χ0) is 11.5. The highest BCUT2D eigenvalue weighted by molar-refractivity contribution is 6.31. The number of nitrogens with zero attached hydrogens (tertiary/aromatic N) is 4. The number of halogens is 2. The molecule has 0 saturated carbocycles. The molecule has 2 heterocycles. The number of anilines is 1. The molecule has 16 heavy (non-hydrogen) atoms. The van der Waals surface area contributed by atoms with E-state index in [2.05, 4.69) is 30.5 Å². The fraction of sp³-hybridized carbons (Fsp3) is 0.250. The van der Waals surface area contributed by atoms with Crippen LogP contribution < -0.4 is 5.32 Å². The summed E-state index contributed by atoms with van der Waals surface area (Å²) in [4.78, 5) is 11.4. The standard InChI is InChI=1S/C8H8Cl2N6/c1-4-5(3-12-16-4)2-11-8-14-6(9)13-7(10)15-8/h3H,2H2,1H3,(H,12,16)(H,11,13,14,15). The van der Waals surface area contributed by atoms with Crippen LogP contribution in [-0.2, 0) is 6.54 Å². The minimum atomic E-state index is 0.0615. The van der Waals surface area contributed by atoms with Crippen LogP contribution in [0.25, 0.3) is 0 Å². The van der Waals surface area contributed by atoms with Crippen LogP contribution in [0.1, 0.15) is 11.3 Å². The van der Waals surface area contributed by atoms with Gasteiger partial charge in [0.25, 0.3) is 0 Å². The quantitative estimate of drug-likeness (QED) is 0.878. The first-order valence-electron chi connectivity index (χ1n) is 4.45. The molecule has 0 saturated heterocycles. The van der Waals surface area contributed by atoms with Crippen molar-refractivity contribution in [2.75, 3.05) is 5.32 Å². The fourth-order valence-corrected chi connectivity index (χ4v) is 1.50. The van der Waals surface area contributed by atoms with E-state index in [-0.39, 0.29) is 10.6 Å². The largest absolute Gasteiger partial charge is 0.350 e. The third-order valence-electron chi connectivity index (χ3n) is 1.95. The molecular formula is C8H8Cl2N6. The van der Waals surface area contributed by atoms with Crippen molar-refractivity contribution < 1.29 is 0 Å². The van der Waals surface area contributed by atoms with Crippen LogP contribution in [0.3, 0.4) is 0 Å². The van der Waals surface area contributed by atoms with Gasteiger partial charge in [-0.25, -0.2) is 0 Å². The van der Waals surface area contributed by atoms with E-state index in [9.17, 15) is 0 Å². The third kappa shape index (κ3) is 2.59. The van der Waals surface area contributed by atoms with Gasteiger partial charge in [-0.3, -0.25) is 5.10 Å². The first kappa shape index (κ1) is 11.1. The zero-order valence-electron chi connectivity index (χ0n) is 8.33. The van der Waals surface area contributed by atoms with Crippen molar-refractivity contribution in [2.24, 2.45) is 0 Å². The third-order valence-corrected chi connectivity index (χ3v) is 2.29. The van der Waals surface area contributed by atoms with E-state index < -0.39 is 0 Å². The van der Waals surface area contributed by atoms with Crippen molar-refractivity contribution in [3.8, 4) is 0 Å². The number of hydrogen-bond donors (Lipinski definition) is 2. The Morgan fingerprint density at radius 2 is 1.94 bits per heavy atom. The Labute approximate surface area is 101 Å². The number of rotatable bonds is 3. The van der Waals surface area contributed by atoms with Crippen molar-refractivity contribution in [2.45, 2.75) is 13.5 Å². The van der Waals surface area contributed by atoms with Gasteiger partial charge < -0.3 is 5.32 Å². The van der Waals surface area contributed by atoms with Crippen molar-refractivity contribution in [1.82, 2.24) is 25.1 Å². The van der Waals surface area contributed by atoms with Crippen molar-refractivity contribution >= 4 is 29.2 Å².